The molecule has 0 saturated carbocycles. The minimum atomic E-state index is 0. The molecule has 0 aliphatic carbocycles. The molecule has 0 amide bonds. The van der Waals surface area contributed by atoms with E-state index in [0.717, 1.165) is 3.70 Å². The van der Waals surface area contributed by atoms with Crippen molar-refractivity contribution in [3.8, 4) is 0 Å². The van der Waals surface area contributed by atoms with Crippen molar-refractivity contribution in [3.63, 3.8) is 0 Å². The average molecular weight is 462 g/mol. The van der Waals surface area contributed by atoms with Gasteiger partial charge in [0.2, 0.25) is 0 Å². The minimum absolute atomic E-state index is 0. The summed E-state index contributed by atoms with van der Waals surface area (Å²) in [6.45, 7) is 0. The van der Waals surface area contributed by atoms with E-state index in [0.29, 0.717) is 0 Å². The molecule has 0 aromatic carbocycles. The van der Waals surface area contributed by atoms with Crippen LogP contribution < -0.4 is 0 Å². The summed E-state index contributed by atoms with van der Waals surface area (Å²) in [7, 11) is 1.98. The second kappa shape index (κ2) is 4.31. The molecule has 0 N–H and O–H groups in total. The molecule has 1 heterocycles. The number of hydrogen-bond donors (Lipinski definition) is 0. The largest absolute Gasteiger partial charge is 0.328 e. The smallest absolute Gasteiger partial charge is 0.132 e. The van der Waals surface area contributed by atoms with Gasteiger partial charge in [-0.2, -0.15) is 0 Å². The van der Waals surface area contributed by atoms with E-state index in [4.69, 9.17) is 0 Å². The van der Waals surface area contributed by atoms with Crippen LogP contribution in [0.3, 0.4) is 0 Å². The summed E-state index contributed by atoms with van der Waals surface area (Å²) in [6.07, 6.45) is 1.81. The van der Waals surface area contributed by atoms with Crippen LogP contribution in [-0.2, 0) is 7.05 Å². The van der Waals surface area contributed by atoms with Gasteiger partial charge in [-0.3, -0.25) is 0 Å². The Morgan fingerprint density at radius 3 is 2.22 bits per heavy atom. The van der Waals surface area contributed by atoms with Crippen LogP contribution in [0.15, 0.2) is 6.33 Å². The molecular formula is C4H5I3N2. The fourth-order valence-corrected chi connectivity index (χ4v) is 1.16. The van der Waals surface area contributed by atoms with Crippen molar-refractivity contribution in [2.75, 3.05) is 0 Å². The van der Waals surface area contributed by atoms with Crippen molar-refractivity contribution in [1.82, 2.24) is 9.55 Å². The zero-order chi connectivity index (χ0) is 6.15. The van der Waals surface area contributed by atoms with Crippen LogP contribution in [0.25, 0.3) is 0 Å². The van der Waals surface area contributed by atoms with Gasteiger partial charge in [0.1, 0.15) is 7.40 Å². The second-order valence-electron chi connectivity index (χ2n) is 1.44. The SMILES string of the molecule is Cn1cnc(I)c1I.I. The number of halogens is 3. The molecule has 2 nitrogen and oxygen atoms in total. The third-order valence-electron chi connectivity index (χ3n) is 0.824. The molecule has 5 heteroatoms. The van der Waals surface area contributed by atoms with Crippen LogP contribution in [0, 0.1) is 7.40 Å². The summed E-state index contributed by atoms with van der Waals surface area (Å²) in [4.78, 5) is 4.06. The van der Waals surface area contributed by atoms with E-state index < -0.39 is 0 Å². The van der Waals surface area contributed by atoms with Crippen molar-refractivity contribution in [3.05, 3.63) is 13.7 Å². The van der Waals surface area contributed by atoms with Gasteiger partial charge in [0.25, 0.3) is 0 Å². The normalized spacial score (nSPS) is 8.78. The molecule has 0 aliphatic rings. The number of aromatic nitrogens is 2. The topological polar surface area (TPSA) is 17.8 Å². The highest BCUT2D eigenvalue weighted by Gasteiger charge is 1.97. The molecule has 0 spiro atoms. The lowest BCUT2D eigenvalue weighted by Crippen LogP contribution is -1.86. The molecule has 52 valence electrons. The molecule has 9 heavy (non-hydrogen) atoms. The summed E-state index contributed by atoms with van der Waals surface area (Å²) in [6, 6.07) is 0. The van der Waals surface area contributed by atoms with Crippen LogP contribution in [-0.4, -0.2) is 9.55 Å². The first-order valence-corrected chi connectivity index (χ1v) is 4.20. The lowest BCUT2D eigenvalue weighted by molar-refractivity contribution is 0.887. The zero-order valence-electron chi connectivity index (χ0n) is 4.64. The van der Waals surface area contributed by atoms with E-state index in [1.807, 2.05) is 17.9 Å². The maximum absolute atomic E-state index is 4.06. The first-order valence-electron chi connectivity index (χ1n) is 2.04. The van der Waals surface area contributed by atoms with E-state index in [1.54, 1.807) is 0 Å². The first kappa shape index (κ1) is 10.4. The number of aryl methyl sites for hydroxylation is 1. The number of rotatable bonds is 0. The van der Waals surface area contributed by atoms with Gasteiger partial charge in [-0.1, -0.05) is 0 Å². The molecule has 0 bridgehead atoms. The summed E-state index contributed by atoms with van der Waals surface area (Å²) in [5.41, 5.74) is 0. The van der Waals surface area contributed by atoms with Crippen LogP contribution in [0.4, 0.5) is 0 Å². The Kier molecular flexibility index (Phi) is 4.98. The molecule has 0 aliphatic heterocycles. The lowest BCUT2D eigenvalue weighted by Gasteiger charge is -1.87. The summed E-state index contributed by atoms with van der Waals surface area (Å²) in [5.74, 6) is 0. The highest BCUT2D eigenvalue weighted by Crippen LogP contribution is 2.10. The molecule has 0 radical (unpaired) electrons. The van der Waals surface area contributed by atoms with Crippen LogP contribution in [0.1, 0.15) is 0 Å². The van der Waals surface area contributed by atoms with E-state index >= 15 is 0 Å². The van der Waals surface area contributed by atoms with Crippen LogP contribution in [0.5, 0.6) is 0 Å². The maximum Gasteiger partial charge on any atom is 0.132 e. The zero-order valence-corrected chi connectivity index (χ0v) is 11.3. The Morgan fingerprint density at radius 1 is 1.56 bits per heavy atom. The molecule has 0 unspecified atom stereocenters. The summed E-state index contributed by atoms with van der Waals surface area (Å²) >= 11 is 4.46. The fourth-order valence-electron chi connectivity index (χ4n) is 0.387. The van der Waals surface area contributed by atoms with Crippen molar-refractivity contribution >= 4 is 69.2 Å². The van der Waals surface area contributed by atoms with E-state index in [-0.39, 0.29) is 24.0 Å². The molecular weight excluding hydrogens is 457 g/mol. The molecule has 0 fully saturated rings. The number of hydrogen-bond acceptors (Lipinski definition) is 1. The van der Waals surface area contributed by atoms with Gasteiger partial charge >= 0.3 is 0 Å². The average Bonchev–Trinajstić information content (AvgIpc) is 1.98. The maximum atomic E-state index is 4.06. The van der Waals surface area contributed by atoms with Gasteiger partial charge in [0.05, 0.1) is 6.33 Å². The van der Waals surface area contributed by atoms with E-state index in [9.17, 15) is 0 Å². The van der Waals surface area contributed by atoms with Crippen LogP contribution >= 0.6 is 69.2 Å². The lowest BCUT2D eigenvalue weighted by atomic mass is 10.9. The predicted octanol–water partition coefficient (Wildman–Crippen LogP) is 2.25. The Balaban J connectivity index is 0.000000640. The van der Waals surface area contributed by atoms with Gasteiger partial charge in [0.15, 0.2) is 0 Å². The van der Waals surface area contributed by atoms with Gasteiger partial charge in [0, 0.05) is 7.05 Å². The highest BCUT2D eigenvalue weighted by atomic mass is 127. The monoisotopic (exact) mass is 462 g/mol. The van der Waals surface area contributed by atoms with Crippen molar-refractivity contribution in [2.45, 2.75) is 0 Å². The molecule has 0 atom stereocenters. The Morgan fingerprint density at radius 2 is 2.11 bits per heavy atom. The van der Waals surface area contributed by atoms with Gasteiger partial charge < -0.3 is 4.57 Å². The molecule has 0 saturated heterocycles. The van der Waals surface area contributed by atoms with Gasteiger partial charge in [-0.25, -0.2) is 4.98 Å². The third kappa shape index (κ3) is 2.48. The third-order valence-corrected chi connectivity index (χ3v) is 3.92. The first-order chi connectivity index (χ1) is 3.72. The predicted molar refractivity (Wildman–Crippen MR) is 64.1 cm³/mol. The van der Waals surface area contributed by atoms with Gasteiger partial charge in [-0.05, 0) is 45.2 Å². The highest BCUT2D eigenvalue weighted by molar-refractivity contribution is 14.1. The van der Waals surface area contributed by atoms with Crippen molar-refractivity contribution in [2.24, 2.45) is 7.05 Å². The summed E-state index contributed by atoms with van der Waals surface area (Å²) in [5, 5.41) is 0. The van der Waals surface area contributed by atoms with E-state index in [2.05, 4.69) is 50.2 Å². The minimum Gasteiger partial charge on any atom is -0.328 e. The summed E-state index contributed by atoms with van der Waals surface area (Å²) < 4.78 is 4.26. The molecule has 1 aromatic rings. The Hall–Kier alpha value is 1.40. The van der Waals surface area contributed by atoms with E-state index in [1.165, 1.54) is 3.70 Å². The quantitative estimate of drug-likeness (QED) is 0.542. The Bertz CT molecular complexity index is 176. The van der Waals surface area contributed by atoms with Crippen molar-refractivity contribution in [1.29, 1.82) is 0 Å². The van der Waals surface area contributed by atoms with Crippen LogP contribution in [0.2, 0.25) is 0 Å². The Labute approximate surface area is 98.1 Å². The number of imidazole rings is 1. The van der Waals surface area contributed by atoms with Crippen molar-refractivity contribution < 1.29 is 0 Å². The second-order valence-corrected chi connectivity index (χ2v) is 3.48. The fraction of sp³-hybridized carbons (Fsp3) is 0.250. The van der Waals surface area contributed by atoms with Gasteiger partial charge in [-0.15, -0.1) is 24.0 Å². The standard InChI is InChI=1S/C4H4I2N2.HI/c1-8-2-7-3(5)4(8)6;/h2H,1H3;1H. The molecule has 1 rings (SSSR count). The number of nitrogens with zero attached hydrogens (tertiary/aromatic N) is 2. The molecule has 1 aromatic heterocycles.